The number of aromatic nitrogens is 5. The molecule has 0 bridgehead atoms. The molecule has 0 spiro atoms. The first kappa shape index (κ1) is 32.2. The summed E-state index contributed by atoms with van der Waals surface area (Å²) in [7, 11) is 0. The molecule has 0 N–H and O–H groups in total. The van der Waals surface area contributed by atoms with Crippen LogP contribution in [0.15, 0.2) is 200 Å². The van der Waals surface area contributed by atoms with Crippen LogP contribution in [0.5, 0.6) is 0 Å². The van der Waals surface area contributed by atoms with Gasteiger partial charge in [-0.05, 0) is 64.5 Å². The van der Waals surface area contributed by atoms with Crippen LogP contribution in [-0.4, -0.2) is 24.6 Å². The lowest BCUT2D eigenvalue weighted by Crippen LogP contribution is -1.95. The van der Waals surface area contributed by atoms with Crippen LogP contribution < -0.4 is 0 Å². The second kappa shape index (κ2) is 13.8. The van der Waals surface area contributed by atoms with Crippen LogP contribution in [0.1, 0.15) is 0 Å². The molecule has 0 saturated carbocycles. The SMILES string of the molecule is c1ccc(-c2cc(-c3ccc(-c4ccc(-c5nn6c(-c7ccccc7)cc7ccccc7c6c5-c5ccccc5)cc4)nc3)nc(-c3ccccn3)c2)cc1. The molecule has 5 nitrogen and oxygen atoms in total. The van der Waals surface area contributed by atoms with E-state index in [9.17, 15) is 0 Å². The average Bonchev–Trinajstić information content (AvgIpc) is 3.68. The Morgan fingerprint density at radius 3 is 1.73 bits per heavy atom. The molecule has 10 rings (SSSR count). The summed E-state index contributed by atoms with van der Waals surface area (Å²) in [6.07, 6.45) is 3.71. The van der Waals surface area contributed by atoms with Crippen molar-refractivity contribution in [1.29, 1.82) is 0 Å². The van der Waals surface area contributed by atoms with E-state index in [-0.39, 0.29) is 0 Å². The molecule has 10 aromatic rings. The largest absolute Gasteiger partial charge is 0.256 e. The zero-order valence-electron chi connectivity index (χ0n) is 29.8. The Morgan fingerprint density at radius 1 is 0.382 bits per heavy atom. The molecule has 5 heteroatoms. The van der Waals surface area contributed by atoms with Crippen molar-refractivity contribution in [3.05, 3.63) is 200 Å². The zero-order valence-corrected chi connectivity index (χ0v) is 29.8. The first-order valence-corrected chi connectivity index (χ1v) is 18.4. The molecule has 0 fully saturated rings. The normalized spacial score (nSPS) is 11.3. The number of nitrogens with zero attached hydrogens (tertiary/aromatic N) is 5. The van der Waals surface area contributed by atoms with Crippen molar-refractivity contribution in [2.75, 3.05) is 0 Å². The Kier molecular flexibility index (Phi) is 8.08. The lowest BCUT2D eigenvalue weighted by Gasteiger charge is -2.10. The highest BCUT2D eigenvalue weighted by molar-refractivity contribution is 6.08. The van der Waals surface area contributed by atoms with Crippen LogP contribution in [-0.2, 0) is 0 Å². The van der Waals surface area contributed by atoms with E-state index in [2.05, 4.69) is 173 Å². The standard InChI is InChI=1S/C50H33N5/c1-4-14-34(15-5-1)41-30-45(53-46(31-41)44-22-12-13-29-51-44)40-27-28-43(52-33-40)35-23-25-38(26-24-35)49-48(37-18-8-3-9-19-37)50-42-21-11-10-20-39(42)32-47(55(50)54-49)36-16-6-2-7-17-36/h1-33H. The molecule has 0 aliphatic heterocycles. The van der Waals surface area contributed by atoms with Crippen LogP contribution >= 0.6 is 0 Å². The molecule has 0 aliphatic rings. The van der Waals surface area contributed by atoms with E-state index in [1.54, 1.807) is 6.20 Å². The van der Waals surface area contributed by atoms with Crippen molar-refractivity contribution in [2.24, 2.45) is 0 Å². The number of pyridine rings is 4. The number of fused-ring (bicyclic) bond motifs is 3. The van der Waals surface area contributed by atoms with Crippen LogP contribution in [0.4, 0.5) is 0 Å². The van der Waals surface area contributed by atoms with E-state index in [1.807, 2.05) is 30.5 Å². The fourth-order valence-electron chi connectivity index (χ4n) is 7.42. The van der Waals surface area contributed by atoms with Crippen molar-refractivity contribution in [2.45, 2.75) is 0 Å². The van der Waals surface area contributed by atoms with Gasteiger partial charge in [-0.25, -0.2) is 9.50 Å². The lowest BCUT2D eigenvalue weighted by molar-refractivity contribution is 0.979. The first-order chi connectivity index (χ1) is 27.3. The molecule has 55 heavy (non-hydrogen) atoms. The van der Waals surface area contributed by atoms with Gasteiger partial charge in [0.05, 0.1) is 34.0 Å². The number of hydrogen-bond acceptors (Lipinski definition) is 4. The third-order valence-electron chi connectivity index (χ3n) is 10.1. The highest BCUT2D eigenvalue weighted by Crippen LogP contribution is 2.41. The minimum absolute atomic E-state index is 0.822. The maximum absolute atomic E-state index is 5.38. The van der Waals surface area contributed by atoms with Crippen molar-refractivity contribution in [3.8, 4) is 78.7 Å². The Balaban J connectivity index is 1.05. The molecule has 0 atom stereocenters. The number of hydrogen-bond donors (Lipinski definition) is 0. The van der Waals surface area contributed by atoms with E-state index >= 15 is 0 Å². The summed E-state index contributed by atoms with van der Waals surface area (Å²) in [6, 6.07) is 65.2. The molecule has 258 valence electrons. The van der Waals surface area contributed by atoms with Gasteiger partial charge in [-0.1, -0.05) is 146 Å². The zero-order chi connectivity index (χ0) is 36.6. The van der Waals surface area contributed by atoms with E-state index in [1.165, 1.54) is 5.39 Å². The van der Waals surface area contributed by atoms with Gasteiger partial charge in [0.2, 0.25) is 0 Å². The van der Waals surface area contributed by atoms with Gasteiger partial charge in [0.15, 0.2) is 0 Å². The van der Waals surface area contributed by atoms with Gasteiger partial charge in [0, 0.05) is 45.6 Å². The van der Waals surface area contributed by atoms with Gasteiger partial charge in [0.1, 0.15) is 5.69 Å². The summed E-state index contributed by atoms with van der Waals surface area (Å²) in [4.78, 5) is 14.6. The summed E-state index contributed by atoms with van der Waals surface area (Å²) in [6.45, 7) is 0. The van der Waals surface area contributed by atoms with Crippen LogP contribution in [0.25, 0.3) is 95.0 Å². The second-order valence-corrected chi connectivity index (χ2v) is 13.5. The van der Waals surface area contributed by atoms with E-state index < -0.39 is 0 Å². The minimum Gasteiger partial charge on any atom is -0.256 e. The van der Waals surface area contributed by atoms with Crippen LogP contribution in [0.3, 0.4) is 0 Å². The fourth-order valence-corrected chi connectivity index (χ4v) is 7.42. The number of rotatable bonds is 7. The van der Waals surface area contributed by atoms with Gasteiger partial charge >= 0.3 is 0 Å². The first-order valence-electron chi connectivity index (χ1n) is 18.4. The predicted octanol–water partition coefficient (Wildman–Crippen LogP) is 12.3. The molecule has 0 saturated heterocycles. The van der Waals surface area contributed by atoms with Gasteiger partial charge in [-0.2, -0.15) is 5.10 Å². The third-order valence-corrected chi connectivity index (χ3v) is 10.1. The summed E-state index contributed by atoms with van der Waals surface area (Å²) >= 11 is 0. The molecule has 0 unspecified atom stereocenters. The molecule has 0 amide bonds. The topological polar surface area (TPSA) is 56.0 Å². The summed E-state index contributed by atoms with van der Waals surface area (Å²) < 4.78 is 2.13. The Morgan fingerprint density at radius 2 is 1.02 bits per heavy atom. The number of benzene rings is 5. The van der Waals surface area contributed by atoms with Crippen LogP contribution in [0, 0.1) is 0 Å². The molecule has 0 aliphatic carbocycles. The molecule has 5 heterocycles. The third kappa shape index (κ3) is 6.04. The average molecular weight is 704 g/mol. The maximum Gasteiger partial charge on any atom is 0.101 e. The Labute approximate surface area is 318 Å². The van der Waals surface area contributed by atoms with Crippen molar-refractivity contribution in [3.63, 3.8) is 0 Å². The van der Waals surface area contributed by atoms with Crippen molar-refractivity contribution in [1.82, 2.24) is 24.6 Å². The van der Waals surface area contributed by atoms with Crippen molar-refractivity contribution < 1.29 is 0 Å². The lowest BCUT2D eigenvalue weighted by atomic mass is 9.96. The molecular weight excluding hydrogens is 671 g/mol. The summed E-state index contributed by atoms with van der Waals surface area (Å²) in [5, 5.41) is 7.72. The van der Waals surface area contributed by atoms with Gasteiger partial charge in [-0.3, -0.25) is 9.97 Å². The summed E-state index contributed by atoms with van der Waals surface area (Å²) in [5.41, 5.74) is 15.0. The smallest absolute Gasteiger partial charge is 0.101 e. The highest BCUT2D eigenvalue weighted by atomic mass is 15.2. The quantitative estimate of drug-likeness (QED) is 0.166. The molecular formula is C50H33N5. The van der Waals surface area contributed by atoms with E-state index in [0.29, 0.717) is 0 Å². The molecule has 5 aromatic heterocycles. The second-order valence-electron chi connectivity index (χ2n) is 13.5. The predicted molar refractivity (Wildman–Crippen MR) is 224 cm³/mol. The van der Waals surface area contributed by atoms with Gasteiger partial charge in [-0.15, -0.1) is 0 Å². The molecule has 0 radical (unpaired) electrons. The minimum atomic E-state index is 0.822. The van der Waals surface area contributed by atoms with E-state index in [4.69, 9.17) is 15.1 Å². The summed E-state index contributed by atoms with van der Waals surface area (Å²) in [5.74, 6) is 0. The molecule has 5 aromatic carbocycles. The Hall–Kier alpha value is -7.50. The monoisotopic (exact) mass is 703 g/mol. The van der Waals surface area contributed by atoms with Gasteiger partial charge < -0.3 is 0 Å². The fraction of sp³-hybridized carbons (Fsp3) is 0. The highest BCUT2D eigenvalue weighted by Gasteiger charge is 2.21. The van der Waals surface area contributed by atoms with E-state index in [0.717, 1.165) is 89.6 Å². The van der Waals surface area contributed by atoms with Crippen molar-refractivity contribution >= 4 is 16.3 Å². The van der Waals surface area contributed by atoms with Gasteiger partial charge in [0.25, 0.3) is 0 Å². The Bertz CT molecular complexity index is 2870. The van der Waals surface area contributed by atoms with Crippen LogP contribution in [0.2, 0.25) is 0 Å². The maximum atomic E-state index is 5.38.